The number of carbonyl (C=O) groups excluding carboxylic acids is 1. The molecule has 0 fully saturated rings. The number of hydrogen-bond donors (Lipinski definition) is 2. The van der Waals surface area contributed by atoms with E-state index in [0.717, 1.165) is 12.1 Å². The van der Waals surface area contributed by atoms with Crippen LogP contribution >= 0.6 is 12.2 Å². The van der Waals surface area contributed by atoms with E-state index >= 15 is 0 Å². The van der Waals surface area contributed by atoms with Crippen molar-refractivity contribution in [1.29, 1.82) is 0 Å². The fraction of sp³-hybridized carbons (Fsp3) is 0.600. The molecule has 1 aromatic rings. The summed E-state index contributed by atoms with van der Waals surface area (Å²) in [5.41, 5.74) is 0.971. The van der Waals surface area contributed by atoms with E-state index in [2.05, 4.69) is 10.3 Å². The summed E-state index contributed by atoms with van der Waals surface area (Å²) in [6, 6.07) is -0.254. The number of aromatic nitrogens is 2. The fourth-order valence-corrected chi connectivity index (χ4v) is 1.82. The summed E-state index contributed by atoms with van der Waals surface area (Å²) in [7, 11) is 0. The maximum absolute atomic E-state index is 11.7. The topological polar surface area (TPSA) is 49.8 Å². The molecule has 0 radical (unpaired) electrons. The quantitative estimate of drug-likeness (QED) is 0.772. The van der Waals surface area contributed by atoms with Gasteiger partial charge in [-0.3, -0.25) is 4.79 Å². The molecule has 2 N–H and O–H groups in total. The van der Waals surface area contributed by atoms with Crippen LogP contribution in [0.1, 0.15) is 32.0 Å². The highest BCUT2D eigenvalue weighted by molar-refractivity contribution is 7.71. The summed E-state index contributed by atoms with van der Waals surface area (Å²) in [6.07, 6.45) is 2.75. The third-order valence-corrected chi connectivity index (χ3v) is 2.63. The van der Waals surface area contributed by atoms with Gasteiger partial charge in [0.2, 0.25) is 5.91 Å². The summed E-state index contributed by atoms with van der Waals surface area (Å²) in [5.74, 6) is 0.00986. The van der Waals surface area contributed by atoms with E-state index in [1.54, 1.807) is 0 Å². The molecule has 1 amide bonds. The Balaban J connectivity index is 2.80. The summed E-state index contributed by atoms with van der Waals surface area (Å²) >= 11 is 5.11. The predicted molar refractivity (Wildman–Crippen MR) is 62.4 cm³/mol. The highest BCUT2D eigenvalue weighted by Gasteiger charge is 2.16. The Labute approximate surface area is 94.7 Å². The number of nitrogens with one attached hydrogen (secondary N) is 2. The van der Waals surface area contributed by atoms with Crippen LogP contribution in [0, 0.1) is 11.7 Å². The molecule has 1 heterocycles. The number of hydrogen-bond acceptors (Lipinski definition) is 2. The van der Waals surface area contributed by atoms with Crippen LogP contribution in [0.2, 0.25) is 0 Å². The Kier molecular flexibility index (Phi) is 4.08. The van der Waals surface area contributed by atoms with Gasteiger partial charge in [-0.05, 0) is 32.5 Å². The van der Waals surface area contributed by atoms with Crippen LogP contribution in [0.3, 0.4) is 0 Å². The highest BCUT2D eigenvalue weighted by Crippen LogP contribution is 2.10. The number of imidazole rings is 1. The second-order valence-corrected chi connectivity index (χ2v) is 3.96. The van der Waals surface area contributed by atoms with Crippen molar-refractivity contribution in [1.82, 2.24) is 14.9 Å². The van der Waals surface area contributed by atoms with Gasteiger partial charge in [0.15, 0.2) is 4.77 Å². The van der Waals surface area contributed by atoms with Crippen molar-refractivity contribution in [3.8, 4) is 0 Å². The van der Waals surface area contributed by atoms with Gasteiger partial charge in [0, 0.05) is 18.4 Å². The average Bonchev–Trinajstić information content (AvgIpc) is 2.54. The lowest BCUT2D eigenvalue weighted by molar-refractivity contribution is -0.123. The zero-order valence-electron chi connectivity index (χ0n) is 9.33. The molecule has 0 saturated heterocycles. The van der Waals surface area contributed by atoms with Crippen molar-refractivity contribution in [2.45, 2.75) is 33.2 Å². The van der Waals surface area contributed by atoms with Gasteiger partial charge in [-0.1, -0.05) is 6.92 Å². The van der Waals surface area contributed by atoms with Crippen molar-refractivity contribution >= 4 is 18.1 Å². The number of aryl methyl sites for hydroxylation is 1. The van der Waals surface area contributed by atoms with Gasteiger partial charge >= 0.3 is 0 Å². The number of rotatable bonds is 4. The van der Waals surface area contributed by atoms with Gasteiger partial charge in [-0.15, -0.1) is 0 Å². The zero-order chi connectivity index (χ0) is 11.4. The molecule has 1 atom stereocenters. The summed E-state index contributed by atoms with van der Waals surface area (Å²) in [5, 5.41) is 2.85. The number of H-pyrrole nitrogens is 1. The Morgan fingerprint density at radius 3 is 2.87 bits per heavy atom. The Morgan fingerprint density at radius 1 is 1.73 bits per heavy atom. The molecule has 5 heteroatoms. The first-order valence-corrected chi connectivity index (χ1v) is 5.53. The molecule has 0 saturated carbocycles. The Morgan fingerprint density at radius 2 is 2.40 bits per heavy atom. The third-order valence-electron chi connectivity index (χ3n) is 2.32. The van der Waals surface area contributed by atoms with Crippen LogP contribution in [0.25, 0.3) is 0 Å². The summed E-state index contributed by atoms with van der Waals surface area (Å²) in [4.78, 5) is 14.6. The Bertz CT molecular complexity index is 394. The minimum absolute atomic E-state index is 0.00986. The Hall–Kier alpha value is -1.10. The fourth-order valence-electron chi connectivity index (χ4n) is 1.46. The van der Waals surface area contributed by atoms with E-state index in [4.69, 9.17) is 12.2 Å². The molecule has 0 aromatic carbocycles. The van der Waals surface area contributed by atoms with Crippen molar-refractivity contribution in [2.24, 2.45) is 0 Å². The molecule has 1 unspecified atom stereocenters. The first-order chi connectivity index (χ1) is 7.07. The van der Waals surface area contributed by atoms with Gasteiger partial charge in [0.1, 0.15) is 6.04 Å². The van der Waals surface area contributed by atoms with E-state index in [0.29, 0.717) is 11.3 Å². The maximum Gasteiger partial charge on any atom is 0.242 e. The summed E-state index contributed by atoms with van der Waals surface area (Å²) < 4.78 is 2.41. The molecule has 84 valence electrons. The predicted octanol–water partition coefficient (Wildman–Crippen LogP) is 1.94. The lowest BCUT2D eigenvalue weighted by atomic mass is 10.3. The molecule has 0 bridgehead atoms. The second-order valence-electron chi connectivity index (χ2n) is 3.57. The molecule has 1 aromatic heterocycles. The molecule has 0 aliphatic rings. The van der Waals surface area contributed by atoms with Gasteiger partial charge < -0.3 is 14.9 Å². The van der Waals surface area contributed by atoms with E-state index in [1.165, 1.54) is 0 Å². The first kappa shape index (κ1) is 12.0. The van der Waals surface area contributed by atoms with Crippen LogP contribution in [0.5, 0.6) is 0 Å². The number of amides is 1. The minimum atomic E-state index is -0.254. The average molecular weight is 227 g/mol. The van der Waals surface area contributed by atoms with Crippen LogP contribution in [-0.2, 0) is 4.79 Å². The normalized spacial score (nSPS) is 12.5. The second kappa shape index (κ2) is 5.11. The van der Waals surface area contributed by atoms with E-state index in [1.807, 2.05) is 31.5 Å². The van der Waals surface area contributed by atoms with Crippen molar-refractivity contribution in [2.75, 3.05) is 6.54 Å². The largest absolute Gasteiger partial charge is 0.354 e. The molecule has 0 aliphatic heterocycles. The van der Waals surface area contributed by atoms with E-state index in [-0.39, 0.29) is 11.9 Å². The number of nitrogens with zero attached hydrogens (tertiary/aromatic N) is 1. The van der Waals surface area contributed by atoms with Crippen LogP contribution in [0.15, 0.2) is 6.20 Å². The molecular weight excluding hydrogens is 210 g/mol. The molecule has 0 spiro atoms. The first-order valence-electron chi connectivity index (χ1n) is 5.12. The highest BCUT2D eigenvalue weighted by atomic mass is 32.1. The molecule has 15 heavy (non-hydrogen) atoms. The molecule has 1 rings (SSSR count). The molecule has 0 aliphatic carbocycles. The van der Waals surface area contributed by atoms with Crippen molar-refractivity contribution < 1.29 is 4.79 Å². The van der Waals surface area contributed by atoms with Crippen molar-refractivity contribution in [3.05, 3.63) is 16.7 Å². The van der Waals surface area contributed by atoms with Gasteiger partial charge in [-0.25, -0.2) is 0 Å². The van der Waals surface area contributed by atoms with Gasteiger partial charge in [-0.2, -0.15) is 0 Å². The maximum atomic E-state index is 11.7. The third kappa shape index (κ3) is 2.68. The monoisotopic (exact) mass is 227 g/mol. The number of aromatic amines is 1. The lowest BCUT2D eigenvalue weighted by Gasteiger charge is -2.14. The van der Waals surface area contributed by atoms with Crippen LogP contribution in [0.4, 0.5) is 0 Å². The molecular formula is C10H17N3OS. The zero-order valence-corrected chi connectivity index (χ0v) is 10.1. The smallest absolute Gasteiger partial charge is 0.242 e. The standard InChI is InChI=1S/C10H17N3OS/c1-4-5-11-9(14)8(3)13-7(2)6-12-10(13)15/h6,8H,4-5H2,1-3H3,(H,11,14)(H,12,15). The SMILES string of the molecule is CCCNC(=O)C(C)n1c(C)c[nH]c1=S. The molecule has 4 nitrogen and oxygen atoms in total. The van der Waals surface area contributed by atoms with E-state index < -0.39 is 0 Å². The van der Waals surface area contributed by atoms with E-state index in [9.17, 15) is 4.79 Å². The van der Waals surface area contributed by atoms with Gasteiger partial charge in [0.25, 0.3) is 0 Å². The van der Waals surface area contributed by atoms with Gasteiger partial charge in [0.05, 0.1) is 0 Å². The van der Waals surface area contributed by atoms with Crippen LogP contribution < -0.4 is 5.32 Å². The van der Waals surface area contributed by atoms with Crippen molar-refractivity contribution in [3.63, 3.8) is 0 Å². The number of carbonyl (C=O) groups is 1. The van der Waals surface area contributed by atoms with Crippen LogP contribution in [-0.4, -0.2) is 22.0 Å². The lowest BCUT2D eigenvalue weighted by Crippen LogP contribution is -2.31. The minimum Gasteiger partial charge on any atom is -0.354 e. The summed E-state index contributed by atoms with van der Waals surface area (Å²) in [6.45, 7) is 6.51.